The smallest absolute Gasteiger partial charge is 0.278 e. The highest BCUT2D eigenvalue weighted by Gasteiger charge is 2.39. The normalized spacial score (nSPS) is 13.8. The molecule has 3 rings (SSSR count). The minimum Gasteiger partial charge on any atom is -0.493 e. The molecular weight excluding hydrogens is 408 g/mol. The van der Waals surface area contributed by atoms with Gasteiger partial charge < -0.3 is 19.5 Å². The molecule has 0 fully saturated rings. The summed E-state index contributed by atoms with van der Waals surface area (Å²) >= 11 is 6.04. The lowest BCUT2D eigenvalue weighted by Gasteiger charge is -2.15. The molecular formula is C22H23ClN2O5. The number of anilines is 1. The van der Waals surface area contributed by atoms with Gasteiger partial charge in [0, 0.05) is 17.8 Å². The van der Waals surface area contributed by atoms with Gasteiger partial charge in [-0.25, -0.2) is 0 Å². The minimum absolute atomic E-state index is 0.149. The molecule has 0 unspecified atom stereocenters. The summed E-state index contributed by atoms with van der Waals surface area (Å²) < 4.78 is 15.7. The molecule has 1 N–H and O–H groups in total. The third kappa shape index (κ3) is 4.13. The molecule has 0 bridgehead atoms. The molecule has 1 heterocycles. The van der Waals surface area contributed by atoms with Gasteiger partial charge in [0.05, 0.1) is 32.9 Å². The van der Waals surface area contributed by atoms with Crippen molar-refractivity contribution in [2.24, 2.45) is 0 Å². The standard InChI is InChI=1S/C22H23ClN2O5/c1-13-11-15(23)6-7-16(13)24-20-19(21(26)25(22(20)27)9-10-28-2)14-5-8-17(29-3)18(12-14)30-4/h5-8,11-12,24H,9-10H2,1-4H3. The van der Waals surface area contributed by atoms with Crippen LogP contribution < -0.4 is 14.8 Å². The maximum atomic E-state index is 13.2. The van der Waals surface area contributed by atoms with Gasteiger partial charge in [-0.05, 0) is 48.4 Å². The van der Waals surface area contributed by atoms with Crippen LogP contribution >= 0.6 is 11.6 Å². The molecule has 2 aromatic rings. The second-order valence-electron chi connectivity index (χ2n) is 6.66. The summed E-state index contributed by atoms with van der Waals surface area (Å²) in [6, 6.07) is 10.4. The van der Waals surface area contributed by atoms with Gasteiger partial charge in [-0.1, -0.05) is 17.7 Å². The zero-order valence-corrected chi connectivity index (χ0v) is 18.0. The summed E-state index contributed by atoms with van der Waals surface area (Å²) in [5.41, 5.74) is 2.51. The molecule has 1 aliphatic rings. The van der Waals surface area contributed by atoms with Gasteiger partial charge in [0.15, 0.2) is 11.5 Å². The molecule has 1 aliphatic heterocycles. The van der Waals surface area contributed by atoms with Crippen LogP contribution in [0.5, 0.6) is 11.5 Å². The van der Waals surface area contributed by atoms with Gasteiger partial charge >= 0.3 is 0 Å². The largest absolute Gasteiger partial charge is 0.493 e. The predicted molar refractivity (Wildman–Crippen MR) is 115 cm³/mol. The maximum absolute atomic E-state index is 13.2. The van der Waals surface area contributed by atoms with Crippen LogP contribution in [0.25, 0.3) is 5.57 Å². The van der Waals surface area contributed by atoms with E-state index < -0.39 is 11.8 Å². The van der Waals surface area contributed by atoms with E-state index in [1.807, 2.05) is 6.92 Å². The van der Waals surface area contributed by atoms with Crippen molar-refractivity contribution >= 4 is 34.7 Å². The Morgan fingerprint density at radius 2 is 1.70 bits per heavy atom. The first-order valence-electron chi connectivity index (χ1n) is 9.26. The lowest BCUT2D eigenvalue weighted by molar-refractivity contribution is -0.137. The van der Waals surface area contributed by atoms with Crippen LogP contribution in [0.1, 0.15) is 11.1 Å². The Morgan fingerprint density at radius 3 is 2.33 bits per heavy atom. The number of halogens is 1. The van der Waals surface area contributed by atoms with Crippen molar-refractivity contribution in [3.8, 4) is 11.5 Å². The second kappa shape index (κ2) is 9.19. The molecule has 30 heavy (non-hydrogen) atoms. The predicted octanol–water partition coefficient (Wildman–Crippen LogP) is 3.50. The van der Waals surface area contributed by atoms with Gasteiger partial charge in [0.1, 0.15) is 5.70 Å². The average Bonchev–Trinajstić information content (AvgIpc) is 2.97. The van der Waals surface area contributed by atoms with Gasteiger partial charge in [0.2, 0.25) is 0 Å². The lowest BCUT2D eigenvalue weighted by atomic mass is 10.0. The van der Waals surface area contributed by atoms with Crippen LogP contribution in [0.3, 0.4) is 0 Å². The highest BCUT2D eigenvalue weighted by Crippen LogP contribution is 2.36. The Balaban J connectivity index is 2.11. The molecule has 0 saturated carbocycles. The van der Waals surface area contributed by atoms with Crippen molar-refractivity contribution in [1.29, 1.82) is 0 Å². The summed E-state index contributed by atoms with van der Waals surface area (Å²) in [6.45, 7) is 2.26. The zero-order chi connectivity index (χ0) is 21.8. The van der Waals surface area contributed by atoms with E-state index in [1.54, 1.807) is 36.4 Å². The molecule has 2 aromatic carbocycles. The Bertz CT molecular complexity index is 1020. The van der Waals surface area contributed by atoms with Crippen LogP contribution in [0.15, 0.2) is 42.1 Å². The SMILES string of the molecule is COCCN1C(=O)C(Nc2ccc(Cl)cc2C)=C(c2ccc(OC)c(OC)c2)C1=O. The number of hydrogen-bond donors (Lipinski definition) is 1. The van der Waals surface area contributed by atoms with Crippen LogP contribution in [0.4, 0.5) is 5.69 Å². The third-order valence-corrected chi connectivity index (χ3v) is 5.04. The number of methoxy groups -OCH3 is 3. The Labute approximate surface area is 180 Å². The van der Waals surface area contributed by atoms with Crippen LogP contribution in [0.2, 0.25) is 5.02 Å². The first-order valence-corrected chi connectivity index (χ1v) is 9.64. The number of imide groups is 1. The number of ether oxygens (including phenoxy) is 3. The summed E-state index contributed by atoms with van der Waals surface area (Å²) in [4.78, 5) is 27.5. The fourth-order valence-electron chi connectivity index (χ4n) is 3.24. The molecule has 158 valence electrons. The molecule has 7 nitrogen and oxygen atoms in total. The van der Waals surface area contributed by atoms with E-state index in [-0.39, 0.29) is 24.4 Å². The summed E-state index contributed by atoms with van der Waals surface area (Å²) in [5.74, 6) is 0.160. The summed E-state index contributed by atoms with van der Waals surface area (Å²) in [6.07, 6.45) is 0. The number of nitrogens with one attached hydrogen (secondary N) is 1. The first-order chi connectivity index (χ1) is 14.4. The van der Waals surface area contributed by atoms with Gasteiger partial charge in [-0.2, -0.15) is 0 Å². The molecule has 0 saturated heterocycles. The average molecular weight is 431 g/mol. The highest BCUT2D eigenvalue weighted by molar-refractivity contribution is 6.36. The van der Waals surface area contributed by atoms with Crippen molar-refractivity contribution in [3.63, 3.8) is 0 Å². The molecule has 0 aliphatic carbocycles. The number of benzene rings is 2. The maximum Gasteiger partial charge on any atom is 0.278 e. The number of carbonyl (C=O) groups excluding carboxylic acids is 2. The lowest BCUT2D eigenvalue weighted by Crippen LogP contribution is -2.35. The van der Waals surface area contributed by atoms with Gasteiger partial charge in [-0.3, -0.25) is 14.5 Å². The van der Waals surface area contributed by atoms with E-state index in [4.69, 9.17) is 25.8 Å². The Morgan fingerprint density at radius 1 is 0.967 bits per heavy atom. The number of nitrogens with zero attached hydrogens (tertiary/aromatic N) is 1. The molecule has 0 atom stereocenters. The van der Waals surface area contributed by atoms with E-state index in [0.717, 1.165) is 5.56 Å². The van der Waals surface area contributed by atoms with Crippen LogP contribution in [-0.2, 0) is 14.3 Å². The number of aryl methyl sites for hydroxylation is 1. The van der Waals surface area contributed by atoms with Crippen molar-refractivity contribution in [3.05, 3.63) is 58.2 Å². The van der Waals surface area contributed by atoms with Crippen LogP contribution in [-0.4, -0.2) is 51.2 Å². The molecule has 2 amide bonds. The molecule has 0 radical (unpaired) electrons. The molecule has 8 heteroatoms. The topological polar surface area (TPSA) is 77.1 Å². The quantitative estimate of drug-likeness (QED) is 0.646. The van der Waals surface area contributed by atoms with E-state index in [9.17, 15) is 9.59 Å². The summed E-state index contributed by atoms with van der Waals surface area (Å²) in [5, 5.41) is 3.72. The highest BCUT2D eigenvalue weighted by atomic mass is 35.5. The van der Waals surface area contributed by atoms with E-state index in [1.165, 1.54) is 26.2 Å². The van der Waals surface area contributed by atoms with Crippen molar-refractivity contribution in [2.75, 3.05) is 39.8 Å². The fourth-order valence-corrected chi connectivity index (χ4v) is 3.47. The summed E-state index contributed by atoms with van der Waals surface area (Å²) in [7, 11) is 4.56. The number of hydrogen-bond acceptors (Lipinski definition) is 6. The molecule has 0 aromatic heterocycles. The Kier molecular flexibility index (Phi) is 6.64. The van der Waals surface area contributed by atoms with E-state index in [2.05, 4.69) is 5.32 Å². The fraction of sp³-hybridized carbons (Fsp3) is 0.273. The zero-order valence-electron chi connectivity index (χ0n) is 17.2. The number of rotatable bonds is 8. The van der Waals surface area contributed by atoms with E-state index >= 15 is 0 Å². The first kappa shape index (κ1) is 21.7. The van der Waals surface area contributed by atoms with Crippen molar-refractivity contribution in [2.45, 2.75) is 6.92 Å². The third-order valence-electron chi connectivity index (χ3n) is 4.81. The number of carbonyl (C=O) groups is 2. The Hall–Kier alpha value is -3.03. The second-order valence-corrected chi connectivity index (χ2v) is 7.10. The van der Waals surface area contributed by atoms with Gasteiger partial charge in [-0.15, -0.1) is 0 Å². The van der Waals surface area contributed by atoms with Crippen molar-refractivity contribution < 1.29 is 23.8 Å². The van der Waals surface area contributed by atoms with Crippen molar-refractivity contribution in [1.82, 2.24) is 4.90 Å². The van der Waals surface area contributed by atoms with Crippen LogP contribution in [0, 0.1) is 6.92 Å². The monoisotopic (exact) mass is 430 g/mol. The number of amides is 2. The molecule has 0 spiro atoms. The van der Waals surface area contributed by atoms with Gasteiger partial charge in [0.25, 0.3) is 11.8 Å². The minimum atomic E-state index is -0.420. The van der Waals surface area contributed by atoms with E-state index in [0.29, 0.717) is 27.8 Å².